The number of hydrogen-bond acceptors (Lipinski definition) is 3. The number of halogens is 1. The number of amides is 1. The molecule has 5 heteroatoms. The molecule has 1 rings (SSSR count). The molecule has 20 heavy (non-hydrogen) atoms. The average Bonchev–Trinajstić information content (AvgIpc) is 2.39. The SMILES string of the molecule is CNC(=O)[C@@H](N)Cc1ccc(OCCC(C)C)cc1.Cl. The van der Waals surface area contributed by atoms with Crippen LogP contribution in [0.25, 0.3) is 0 Å². The lowest BCUT2D eigenvalue weighted by molar-refractivity contribution is -0.121. The summed E-state index contributed by atoms with van der Waals surface area (Å²) in [5.74, 6) is 1.36. The summed E-state index contributed by atoms with van der Waals surface area (Å²) in [6.45, 7) is 5.08. The lowest BCUT2D eigenvalue weighted by Gasteiger charge is -2.11. The fraction of sp³-hybridized carbons (Fsp3) is 0.533. The number of nitrogens with two attached hydrogens (primary N) is 1. The molecular formula is C15H25ClN2O2. The summed E-state index contributed by atoms with van der Waals surface area (Å²) in [5, 5.41) is 2.55. The standard InChI is InChI=1S/C15H24N2O2.ClH/c1-11(2)8-9-19-13-6-4-12(5-7-13)10-14(16)15(18)17-3;/h4-7,11,14H,8-10,16H2,1-3H3,(H,17,18);1H/t14-;/m0./s1. The van der Waals surface area contributed by atoms with E-state index in [9.17, 15) is 4.79 Å². The van der Waals surface area contributed by atoms with Gasteiger partial charge in [0.25, 0.3) is 0 Å². The van der Waals surface area contributed by atoms with Gasteiger partial charge in [0.05, 0.1) is 12.6 Å². The molecule has 1 atom stereocenters. The molecule has 0 saturated heterocycles. The Kier molecular flexibility index (Phi) is 9.01. The molecule has 0 spiro atoms. The quantitative estimate of drug-likeness (QED) is 0.811. The van der Waals surface area contributed by atoms with E-state index in [0.29, 0.717) is 12.3 Å². The maximum Gasteiger partial charge on any atom is 0.237 e. The highest BCUT2D eigenvalue weighted by Crippen LogP contribution is 2.14. The highest BCUT2D eigenvalue weighted by Gasteiger charge is 2.11. The molecule has 3 N–H and O–H groups in total. The minimum absolute atomic E-state index is 0. The molecule has 1 amide bonds. The summed E-state index contributed by atoms with van der Waals surface area (Å²) in [7, 11) is 1.59. The molecule has 4 nitrogen and oxygen atoms in total. The van der Waals surface area contributed by atoms with Crippen molar-refractivity contribution in [3.05, 3.63) is 29.8 Å². The predicted molar refractivity (Wildman–Crippen MR) is 84.4 cm³/mol. The third-order valence-electron chi connectivity index (χ3n) is 2.93. The zero-order chi connectivity index (χ0) is 14.3. The summed E-state index contributed by atoms with van der Waals surface area (Å²) in [6, 6.07) is 7.25. The van der Waals surface area contributed by atoms with E-state index >= 15 is 0 Å². The molecule has 0 saturated carbocycles. The van der Waals surface area contributed by atoms with Gasteiger partial charge in [-0.05, 0) is 36.5 Å². The van der Waals surface area contributed by atoms with Crippen molar-refractivity contribution in [1.82, 2.24) is 5.32 Å². The van der Waals surface area contributed by atoms with E-state index in [4.69, 9.17) is 10.5 Å². The molecule has 0 radical (unpaired) electrons. The number of hydrogen-bond donors (Lipinski definition) is 2. The first-order chi connectivity index (χ1) is 9.02. The molecule has 1 aromatic carbocycles. The summed E-state index contributed by atoms with van der Waals surface area (Å²) >= 11 is 0. The van der Waals surface area contributed by atoms with Gasteiger partial charge in [-0.2, -0.15) is 0 Å². The van der Waals surface area contributed by atoms with E-state index in [1.807, 2.05) is 24.3 Å². The van der Waals surface area contributed by atoms with Gasteiger partial charge in [-0.15, -0.1) is 12.4 Å². The smallest absolute Gasteiger partial charge is 0.237 e. The van der Waals surface area contributed by atoms with E-state index in [1.165, 1.54) is 0 Å². The number of rotatable bonds is 7. The van der Waals surface area contributed by atoms with Crippen molar-refractivity contribution < 1.29 is 9.53 Å². The van der Waals surface area contributed by atoms with E-state index in [-0.39, 0.29) is 18.3 Å². The second-order valence-electron chi connectivity index (χ2n) is 5.10. The number of carbonyl (C=O) groups is 1. The molecule has 0 aliphatic carbocycles. The molecule has 0 aliphatic heterocycles. The van der Waals surface area contributed by atoms with Crippen molar-refractivity contribution in [3.63, 3.8) is 0 Å². The molecule has 0 aliphatic rings. The summed E-state index contributed by atoms with van der Waals surface area (Å²) in [4.78, 5) is 11.3. The Morgan fingerprint density at radius 3 is 2.40 bits per heavy atom. The van der Waals surface area contributed by atoms with Crippen LogP contribution in [0.1, 0.15) is 25.8 Å². The molecule has 0 unspecified atom stereocenters. The number of carbonyl (C=O) groups excluding carboxylic acids is 1. The van der Waals surface area contributed by atoms with Gasteiger partial charge in [-0.1, -0.05) is 26.0 Å². The largest absolute Gasteiger partial charge is 0.494 e. The van der Waals surface area contributed by atoms with E-state index in [1.54, 1.807) is 7.05 Å². The monoisotopic (exact) mass is 300 g/mol. The number of ether oxygens (including phenoxy) is 1. The van der Waals surface area contributed by atoms with Crippen LogP contribution >= 0.6 is 12.4 Å². The molecule has 0 aromatic heterocycles. The Morgan fingerprint density at radius 2 is 1.90 bits per heavy atom. The van der Waals surface area contributed by atoms with E-state index < -0.39 is 6.04 Å². The van der Waals surface area contributed by atoms with Crippen molar-refractivity contribution in [2.75, 3.05) is 13.7 Å². The average molecular weight is 301 g/mol. The summed E-state index contributed by atoms with van der Waals surface area (Å²) in [5.41, 5.74) is 6.80. The normalized spacial score (nSPS) is 11.7. The topological polar surface area (TPSA) is 64.4 Å². The number of likely N-dealkylation sites (N-methyl/N-ethyl adjacent to an activating group) is 1. The van der Waals surface area contributed by atoms with Gasteiger partial charge in [0.1, 0.15) is 5.75 Å². The van der Waals surface area contributed by atoms with Crippen molar-refractivity contribution in [3.8, 4) is 5.75 Å². The highest BCUT2D eigenvalue weighted by molar-refractivity contribution is 5.85. The van der Waals surface area contributed by atoms with Gasteiger partial charge >= 0.3 is 0 Å². The van der Waals surface area contributed by atoms with Crippen LogP contribution in [0.15, 0.2) is 24.3 Å². The maximum atomic E-state index is 11.3. The van der Waals surface area contributed by atoms with Crippen molar-refractivity contribution in [1.29, 1.82) is 0 Å². The van der Waals surface area contributed by atoms with Crippen LogP contribution in [0, 0.1) is 5.92 Å². The Morgan fingerprint density at radius 1 is 1.30 bits per heavy atom. The lowest BCUT2D eigenvalue weighted by Crippen LogP contribution is -2.40. The van der Waals surface area contributed by atoms with Gasteiger partial charge in [0, 0.05) is 7.05 Å². The summed E-state index contributed by atoms with van der Waals surface area (Å²) in [6.07, 6.45) is 1.58. The van der Waals surface area contributed by atoms with Gasteiger partial charge in [-0.25, -0.2) is 0 Å². The molecular weight excluding hydrogens is 276 g/mol. The Labute approximate surface area is 127 Å². The molecule has 114 valence electrons. The molecule has 1 aromatic rings. The first-order valence-electron chi connectivity index (χ1n) is 6.72. The zero-order valence-electron chi connectivity index (χ0n) is 12.4. The second kappa shape index (κ2) is 9.61. The fourth-order valence-electron chi connectivity index (χ4n) is 1.67. The second-order valence-corrected chi connectivity index (χ2v) is 5.10. The fourth-order valence-corrected chi connectivity index (χ4v) is 1.67. The van der Waals surface area contributed by atoms with E-state index in [2.05, 4.69) is 19.2 Å². The zero-order valence-corrected chi connectivity index (χ0v) is 13.2. The minimum Gasteiger partial charge on any atom is -0.494 e. The molecule has 0 heterocycles. The van der Waals surface area contributed by atoms with Gasteiger partial charge in [0.2, 0.25) is 5.91 Å². The maximum absolute atomic E-state index is 11.3. The third-order valence-corrected chi connectivity index (χ3v) is 2.93. The number of benzene rings is 1. The van der Waals surface area contributed by atoms with Crippen LogP contribution in [-0.2, 0) is 11.2 Å². The van der Waals surface area contributed by atoms with Crippen LogP contribution in [0.3, 0.4) is 0 Å². The van der Waals surface area contributed by atoms with Crippen molar-refractivity contribution >= 4 is 18.3 Å². The Hall–Kier alpha value is -1.26. The summed E-state index contributed by atoms with van der Waals surface area (Å²) < 4.78 is 5.63. The highest BCUT2D eigenvalue weighted by atomic mass is 35.5. The van der Waals surface area contributed by atoms with Crippen LogP contribution in [0.5, 0.6) is 5.75 Å². The van der Waals surface area contributed by atoms with Crippen LogP contribution < -0.4 is 15.8 Å². The number of nitrogens with one attached hydrogen (secondary N) is 1. The first-order valence-corrected chi connectivity index (χ1v) is 6.72. The minimum atomic E-state index is -0.502. The lowest BCUT2D eigenvalue weighted by atomic mass is 10.1. The Balaban J connectivity index is 0.00000361. The van der Waals surface area contributed by atoms with Crippen molar-refractivity contribution in [2.24, 2.45) is 11.7 Å². The Bertz CT molecular complexity index is 393. The van der Waals surface area contributed by atoms with Crippen LogP contribution in [0.4, 0.5) is 0 Å². The van der Waals surface area contributed by atoms with E-state index in [0.717, 1.165) is 24.3 Å². The van der Waals surface area contributed by atoms with Gasteiger partial charge in [-0.3, -0.25) is 4.79 Å². The van der Waals surface area contributed by atoms with Gasteiger partial charge < -0.3 is 15.8 Å². The molecule has 0 fully saturated rings. The van der Waals surface area contributed by atoms with Crippen LogP contribution in [-0.4, -0.2) is 25.6 Å². The van der Waals surface area contributed by atoms with Crippen molar-refractivity contribution in [2.45, 2.75) is 32.7 Å². The first kappa shape index (κ1) is 18.7. The van der Waals surface area contributed by atoms with Gasteiger partial charge in [0.15, 0.2) is 0 Å². The molecule has 0 bridgehead atoms. The third kappa shape index (κ3) is 6.78. The predicted octanol–water partition coefficient (Wildman–Crippen LogP) is 2.15. The van der Waals surface area contributed by atoms with Crippen LogP contribution in [0.2, 0.25) is 0 Å².